The molecule has 0 unspecified atom stereocenters. The molecule has 0 saturated carbocycles. The lowest BCUT2D eigenvalue weighted by Gasteiger charge is -2.30. The van der Waals surface area contributed by atoms with Gasteiger partial charge in [-0.1, -0.05) is 6.92 Å². The second-order valence-corrected chi connectivity index (χ2v) is 8.79. The molecule has 2 aliphatic heterocycles. The van der Waals surface area contributed by atoms with Crippen molar-refractivity contribution >= 4 is 17.5 Å². The van der Waals surface area contributed by atoms with Crippen molar-refractivity contribution in [3.8, 4) is 17.2 Å². The minimum absolute atomic E-state index is 0.0620. The third-order valence-corrected chi connectivity index (χ3v) is 6.12. The van der Waals surface area contributed by atoms with Gasteiger partial charge in [-0.15, -0.1) is 0 Å². The van der Waals surface area contributed by atoms with E-state index in [-0.39, 0.29) is 36.7 Å². The quantitative estimate of drug-likeness (QED) is 0.713. The third-order valence-electron chi connectivity index (χ3n) is 6.12. The van der Waals surface area contributed by atoms with E-state index >= 15 is 0 Å². The van der Waals surface area contributed by atoms with Crippen molar-refractivity contribution in [3.63, 3.8) is 0 Å². The van der Waals surface area contributed by atoms with Crippen LogP contribution in [0.5, 0.6) is 17.2 Å². The van der Waals surface area contributed by atoms with Crippen LogP contribution in [0.1, 0.15) is 34.6 Å². The van der Waals surface area contributed by atoms with Gasteiger partial charge in [0.1, 0.15) is 12.4 Å². The Morgan fingerprint density at radius 2 is 1.88 bits per heavy atom. The molecule has 0 saturated heterocycles. The lowest BCUT2D eigenvalue weighted by Crippen LogP contribution is -2.44. The molecule has 2 amide bonds. The molecule has 182 valence electrons. The Labute approximate surface area is 199 Å². The number of likely N-dealkylation sites (N-methyl/N-ethyl adjacent to an activating group) is 1. The van der Waals surface area contributed by atoms with Crippen LogP contribution in [0.3, 0.4) is 0 Å². The van der Waals surface area contributed by atoms with Crippen LogP contribution in [0.2, 0.25) is 0 Å². The Kier molecular flexibility index (Phi) is 7.23. The topological polar surface area (TPSA) is 98.4 Å². The van der Waals surface area contributed by atoms with Crippen LogP contribution in [0.15, 0.2) is 36.4 Å². The van der Waals surface area contributed by atoms with E-state index in [1.165, 1.54) is 0 Å². The summed E-state index contributed by atoms with van der Waals surface area (Å²) in [7, 11) is 3.42. The first kappa shape index (κ1) is 23.8. The summed E-state index contributed by atoms with van der Waals surface area (Å²) in [5.74, 6) is 1.31. The first-order valence-electron chi connectivity index (χ1n) is 11.3. The fourth-order valence-corrected chi connectivity index (χ4v) is 3.97. The van der Waals surface area contributed by atoms with Gasteiger partial charge in [-0.3, -0.25) is 9.59 Å². The number of hydrogen-bond acceptors (Lipinski definition) is 7. The maximum Gasteiger partial charge on any atom is 0.257 e. The molecule has 0 aliphatic carbocycles. The summed E-state index contributed by atoms with van der Waals surface area (Å²) < 4.78 is 22.3. The summed E-state index contributed by atoms with van der Waals surface area (Å²) in [6.07, 6.45) is -0.0993. The molecule has 2 heterocycles. The zero-order valence-corrected chi connectivity index (χ0v) is 19.9. The molecule has 0 spiro atoms. The van der Waals surface area contributed by atoms with Crippen LogP contribution in [-0.2, 0) is 4.74 Å². The fraction of sp³-hybridized carbons (Fsp3) is 0.440. The SMILES string of the molecule is CO[C@H]1CN(C)C(=O)c2ccc(NC(=O)c3ccc4c(c3)OCO4)cc2OC[C@@H](C)NC[C@@H]1C. The second kappa shape index (κ2) is 10.3. The van der Waals surface area contributed by atoms with Gasteiger partial charge in [0, 0.05) is 50.6 Å². The summed E-state index contributed by atoms with van der Waals surface area (Å²) >= 11 is 0. The maximum absolute atomic E-state index is 13.2. The minimum Gasteiger partial charge on any atom is -0.491 e. The molecule has 0 fully saturated rings. The lowest BCUT2D eigenvalue weighted by atomic mass is 10.0. The van der Waals surface area contributed by atoms with Crippen LogP contribution in [0, 0.1) is 5.92 Å². The van der Waals surface area contributed by atoms with Crippen molar-refractivity contribution in [2.75, 3.05) is 46.0 Å². The average molecular weight is 470 g/mol. The molecule has 4 rings (SSSR count). The number of hydrogen-bond donors (Lipinski definition) is 2. The number of rotatable bonds is 3. The van der Waals surface area contributed by atoms with E-state index in [1.807, 2.05) is 6.92 Å². The standard InChI is InChI=1S/C25H31N3O6/c1-15-11-26-16(2)13-32-21-10-18(6-7-19(21)25(30)28(3)12-23(15)31-4)27-24(29)17-5-8-20-22(9-17)34-14-33-20/h5-10,15-16,23,26H,11-14H2,1-4H3,(H,27,29)/t15-,16+,23-/m0/s1. The summed E-state index contributed by atoms with van der Waals surface area (Å²) in [6, 6.07) is 10.1. The number of nitrogens with one attached hydrogen (secondary N) is 2. The molecule has 9 heteroatoms. The zero-order chi connectivity index (χ0) is 24.2. The predicted octanol–water partition coefficient (Wildman–Crippen LogP) is 2.76. The number of anilines is 1. The van der Waals surface area contributed by atoms with Gasteiger partial charge in [0.15, 0.2) is 11.5 Å². The van der Waals surface area contributed by atoms with Crippen molar-refractivity contribution in [2.45, 2.75) is 26.0 Å². The van der Waals surface area contributed by atoms with E-state index in [2.05, 4.69) is 17.6 Å². The van der Waals surface area contributed by atoms with Gasteiger partial charge in [-0.05, 0) is 43.2 Å². The fourth-order valence-electron chi connectivity index (χ4n) is 3.97. The van der Waals surface area contributed by atoms with Crippen LogP contribution in [0.25, 0.3) is 0 Å². The molecular weight excluding hydrogens is 438 g/mol. The van der Waals surface area contributed by atoms with E-state index in [1.54, 1.807) is 55.5 Å². The monoisotopic (exact) mass is 469 g/mol. The Hall–Kier alpha value is -3.30. The first-order chi connectivity index (χ1) is 16.4. The normalized spacial score (nSPS) is 22.8. The van der Waals surface area contributed by atoms with Crippen molar-refractivity contribution in [1.29, 1.82) is 0 Å². The number of fused-ring (bicyclic) bond motifs is 2. The van der Waals surface area contributed by atoms with Gasteiger partial charge in [0.25, 0.3) is 11.8 Å². The van der Waals surface area contributed by atoms with E-state index in [0.717, 1.165) is 6.54 Å². The molecule has 9 nitrogen and oxygen atoms in total. The summed E-state index contributed by atoms with van der Waals surface area (Å²) in [4.78, 5) is 27.7. The number of nitrogens with zero attached hydrogens (tertiary/aromatic N) is 1. The van der Waals surface area contributed by atoms with Crippen LogP contribution < -0.4 is 24.8 Å². The number of benzene rings is 2. The van der Waals surface area contributed by atoms with Gasteiger partial charge in [-0.2, -0.15) is 0 Å². The van der Waals surface area contributed by atoms with Crippen molar-refractivity contribution < 1.29 is 28.5 Å². The van der Waals surface area contributed by atoms with Gasteiger partial charge < -0.3 is 34.5 Å². The molecule has 2 aliphatic rings. The van der Waals surface area contributed by atoms with E-state index < -0.39 is 0 Å². The van der Waals surface area contributed by atoms with Crippen molar-refractivity contribution in [3.05, 3.63) is 47.5 Å². The number of carbonyl (C=O) groups excluding carboxylic acids is 2. The molecule has 34 heavy (non-hydrogen) atoms. The second-order valence-electron chi connectivity index (χ2n) is 8.79. The van der Waals surface area contributed by atoms with Crippen molar-refractivity contribution in [1.82, 2.24) is 10.2 Å². The van der Waals surface area contributed by atoms with E-state index in [9.17, 15) is 9.59 Å². The Morgan fingerprint density at radius 3 is 2.68 bits per heavy atom. The predicted molar refractivity (Wildman–Crippen MR) is 127 cm³/mol. The third kappa shape index (κ3) is 5.26. The highest BCUT2D eigenvalue weighted by Crippen LogP contribution is 2.33. The summed E-state index contributed by atoms with van der Waals surface area (Å²) in [5, 5.41) is 6.33. The Morgan fingerprint density at radius 1 is 1.09 bits per heavy atom. The number of methoxy groups -OCH3 is 1. The molecule has 2 aromatic rings. The maximum atomic E-state index is 13.2. The molecule has 0 bridgehead atoms. The van der Waals surface area contributed by atoms with Gasteiger partial charge >= 0.3 is 0 Å². The number of ether oxygens (including phenoxy) is 4. The number of amides is 2. The first-order valence-corrected chi connectivity index (χ1v) is 11.3. The molecule has 0 radical (unpaired) electrons. The molecule has 2 aromatic carbocycles. The van der Waals surface area contributed by atoms with E-state index in [0.29, 0.717) is 47.2 Å². The lowest BCUT2D eigenvalue weighted by molar-refractivity contribution is 0.0281. The smallest absolute Gasteiger partial charge is 0.257 e. The van der Waals surface area contributed by atoms with Gasteiger partial charge in [0.05, 0.1) is 11.7 Å². The van der Waals surface area contributed by atoms with Gasteiger partial charge in [-0.25, -0.2) is 0 Å². The van der Waals surface area contributed by atoms with Crippen molar-refractivity contribution in [2.24, 2.45) is 5.92 Å². The molecule has 0 aromatic heterocycles. The Balaban J connectivity index is 1.57. The summed E-state index contributed by atoms with van der Waals surface area (Å²) in [6.45, 7) is 5.83. The largest absolute Gasteiger partial charge is 0.491 e. The zero-order valence-electron chi connectivity index (χ0n) is 19.9. The minimum atomic E-state index is -0.304. The average Bonchev–Trinajstić information content (AvgIpc) is 3.31. The molecular formula is C25H31N3O6. The molecule has 3 atom stereocenters. The van der Waals surface area contributed by atoms with E-state index in [4.69, 9.17) is 18.9 Å². The van der Waals surface area contributed by atoms with Crippen LogP contribution >= 0.6 is 0 Å². The molecule has 2 N–H and O–H groups in total. The number of carbonyl (C=O) groups is 2. The highest BCUT2D eigenvalue weighted by molar-refractivity contribution is 6.05. The highest BCUT2D eigenvalue weighted by Gasteiger charge is 2.26. The summed E-state index contributed by atoms with van der Waals surface area (Å²) in [5.41, 5.74) is 1.39. The van der Waals surface area contributed by atoms with Crippen LogP contribution in [-0.4, -0.2) is 69.5 Å². The highest BCUT2D eigenvalue weighted by atomic mass is 16.7. The van der Waals surface area contributed by atoms with Gasteiger partial charge in [0.2, 0.25) is 6.79 Å². The van der Waals surface area contributed by atoms with Crippen LogP contribution in [0.4, 0.5) is 5.69 Å². The Bertz CT molecular complexity index is 1060.